The largest absolute Gasteiger partial charge is 0.493 e. The average molecular weight is 348 g/mol. The number of carbonyl (C=O) groups is 2. The maximum absolute atomic E-state index is 13.1. The van der Waals surface area contributed by atoms with Gasteiger partial charge < -0.3 is 15.0 Å². The fraction of sp³-hybridized carbons (Fsp3) is 0.611. The molecule has 0 aliphatic carbocycles. The van der Waals surface area contributed by atoms with Gasteiger partial charge in [-0.15, -0.1) is 0 Å². The Morgan fingerprint density at radius 1 is 1.40 bits per heavy atom. The molecule has 0 spiro atoms. The lowest BCUT2D eigenvalue weighted by molar-refractivity contribution is -0.121. The number of likely N-dealkylation sites (N-methyl/N-ethyl adjacent to an activating group) is 1. The summed E-state index contributed by atoms with van der Waals surface area (Å²) in [6, 6.07) is 2.74. The lowest BCUT2D eigenvalue weighted by Crippen LogP contribution is -2.54. The first-order valence-electron chi connectivity index (χ1n) is 8.81. The summed E-state index contributed by atoms with van der Waals surface area (Å²) >= 11 is 0. The van der Waals surface area contributed by atoms with E-state index < -0.39 is 6.04 Å². The van der Waals surface area contributed by atoms with Crippen LogP contribution in [-0.2, 0) is 4.79 Å². The molecule has 0 radical (unpaired) electrons. The summed E-state index contributed by atoms with van der Waals surface area (Å²) < 4.78 is 5.29. The van der Waals surface area contributed by atoms with E-state index in [2.05, 4.69) is 10.3 Å². The number of ether oxygens (including phenoxy) is 1. The summed E-state index contributed by atoms with van der Waals surface area (Å²) in [6.07, 6.45) is 4.42. The van der Waals surface area contributed by atoms with E-state index in [1.54, 1.807) is 37.4 Å². The first-order chi connectivity index (χ1) is 12.0. The summed E-state index contributed by atoms with van der Waals surface area (Å²) in [7, 11) is 3.20. The molecule has 7 heteroatoms. The second-order valence-corrected chi connectivity index (χ2v) is 6.43. The molecule has 0 saturated carbocycles. The normalized spacial score (nSPS) is 16.2. The van der Waals surface area contributed by atoms with Crippen molar-refractivity contribution in [2.75, 3.05) is 32.1 Å². The maximum Gasteiger partial charge on any atom is 0.318 e. The average Bonchev–Trinajstić information content (AvgIpc) is 3.19. The van der Waals surface area contributed by atoms with Gasteiger partial charge in [-0.25, -0.2) is 9.78 Å². The van der Waals surface area contributed by atoms with Crippen molar-refractivity contribution in [2.24, 2.45) is 5.92 Å². The Bertz CT molecular complexity index is 602. The van der Waals surface area contributed by atoms with Crippen molar-refractivity contribution in [1.29, 1.82) is 0 Å². The smallest absolute Gasteiger partial charge is 0.318 e. The third-order valence-electron chi connectivity index (χ3n) is 4.77. The summed E-state index contributed by atoms with van der Waals surface area (Å²) in [5, 5.41) is 2.92. The third kappa shape index (κ3) is 4.41. The standard InChI is InChI=1S/C18H28N4O3/c1-5-13(2)15(20-18(24)22-11-6-7-12-22)17(23)21(3)16-14(25-4)9-8-10-19-16/h8-10,13,15H,5-7,11-12H2,1-4H3,(H,20,24)/t13?,15-/m0/s1. The topological polar surface area (TPSA) is 74.8 Å². The molecule has 1 aromatic rings. The van der Waals surface area contributed by atoms with Crippen LogP contribution in [0.1, 0.15) is 33.1 Å². The summed E-state index contributed by atoms with van der Waals surface area (Å²) in [6.45, 7) is 5.47. The number of amides is 3. The van der Waals surface area contributed by atoms with Crippen molar-refractivity contribution in [1.82, 2.24) is 15.2 Å². The second kappa shape index (κ2) is 8.69. The number of nitrogens with one attached hydrogen (secondary N) is 1. The van der Waals surface area contributed by atoms with E-state index >= 15 is 0 Å². The third-order valence-corrected chi connectivity index (χ3v) is 4.77. The van der Waals surface area contributed by atoms with Crippen LogP contribution < -0.4 is 15.0 Å². The van der Waals surface area contributed by atoms with Gasteiger partial charge in [0.15, 0.2) is 11.6 Å². The highest BCUT2D eigenvalue weighted by Gasteiger charge is 2.32. The lowest BCUT2D eigenvalue weighted by atomic mass is 9.98. The van der Waals surface area contributed by atoms with E-state index in [0.29, 0.717) is 11.6 Å². The molecule has 1 unspecified atom stereocenters. The van der Waals surface area contributed by atoms with Gasteiger partial charge in [-0.2, -0.15) is 0 Å². The van der Waals surface area contributed by atoms with E-state index in [1.165, 1.54) is 4.90 Å². The molecule has 2 rings (SSSR count). The molecule has 7 nitrogen and oxygen atoms in total. The molecular weight excluding hydrogens is 320 g/mol. The predicted molar refractivity (Wildman–Crippen MR) is 96.8 cm³/mol. The highest BCUT2D eigenvalue weighted by atomic mass is 16.5. The summed E-state index contributed by atoms with van der Waals surface area (Å²) in [5.74, 6) is 0.779. The minimum Gasteiger partial charge on any atom is -0.493 e. The van der Waals surface area contributed by atoms with Gasteiger partial charge in [0.25, 0.3) is 5.91 Å². The van der Waals surface area contributed by atoms with Gasteiger partial charge in [-0.3, -0.25) is 9.69 Å². The number of hydrogen-bond acceptors (Lipinski definition) is 4. The molecule has 1 saturated heterocycles. The monoisotopic (exact) mass is 348 g/mol. The molecule has 2 heterocycles. The van der Waals surface area contributed by atoms with Crippen LogP contribution in [0.2, 0.25) is 0 Å². The quantitative estimate of drug-likeness (QED) is 0.856. The molecule has 2 atom stereocenters. The summed E-state index contributed by atoms with van der Waals surface area (Å²) in [4.78, 5) is 33.0. The molecule has 1 aromatic heterocycles. The molecule has 1 N–H and O–H groups in total. The highest BCUT2D eigenvalue weighted by Crippen LogP contribution is 2.25. The number of aromatic nitrogens is 1. The van der Waals surface area contributed by atoms with Crippen molar-refractivity contribution in [3.8, 4) is 5.75 Å². The molecule has 1 aliphatic rings. The number of methoxy groups -OCH3 is 1. The molecule has 25 heavy (non-hydrogen) atoms. The van der Waals surface area contributed by atoms with Crippen molar-refractivity contribution < 1.29 is 14.3 Å². The van der Waals surface area contributed by atoms with E-state index in [0.717, 1.165) is 32.4 Å². The summed E-state index contributed by atoms with van der Waals surface area (Å²) in [5.41, 5.74) is 0. The van der Waals surface area contributed by atoms with Crippen LogP contribution >= 0.6 is 0 Å². The number of pyridine rings is 1. The van der Waals surface area contributed by atoms with Crippen LogP contribution in [0.3, 0.4) is 0 Å². The molecule has 0 bridgehead atoms. The van der Waals surface area contributed by atoms with Crippen molar-refractivity contribution in [3.05, 3.63) is 18.3 Å². The Morgan fingerprint density at radius 3 is 2.68 bits per heavy atom. The second-order valence-electron chi connectivity index (χ2n) is 6.43. The highest BCUT2D eigenvalue weighted by molar-refractivity contribution is 5.99. The van der Waals surface area contributed by atoms with Crippen molar-refractivity contribution in [3.63, 3.8) is 0 Å². The van der Waals surface area contributed by atoms with Gasteiger partial charge in [0.2, 0.25) is 0 Å². The van der Waals surface area contributed by atoms with Gasteiger partial charge in [-0.1, -0.05) is 20.3 Å². The van der Waals surface area contributed by atoms with E-state index in [1.807, 2.05) is 13.8 Å². The van der Waals surface area contributed by atoms with Crippen LogP contribution in [0.5, 0.6) is 5.75 Å². The Labute approximate surface area is 149 Å². The van der Waals surface area contributed by atoms with Gasteiger partial charge in [-0.05, 0) is 30.9 Å². The first-order valence-corrected chi connectivity index (χ1v) is 8.81. The molecule has 0 aromatic carbocycles. The van der Waals surface area contributed by atoms with Crippen LogP contribution in [0.25, 0.3) is 0 Å². The first kappa shape index (κ1) is 19.0. The van der Waals surface area contributed by atoms with Gasteiger partial charge in [0, 0.05) is 26.3 Å². The van der Waals surface area contributed by atoms with Crippen LogP contribution in [0, 0.1) is 5.92 Å². The minimum atomic E-state index is -0.602. The van der Waals surface area contributed by atoms with E-state index in [9.17, 15) is 9.59 Å². The van der Waals surface area contributed by atoms with Crippen LogP contribution in [-0.4, -0.2) is 55.1 Å². The van der Waals surface area contributed by atoms with Crippen molar-refractivity contribution in [2.45, 2.75) is 39.2 Å². The SMILES string of the molecule is CCC(C)[C@H](NC(=O)N1CCCC1)C(=O)N(C)c1ncccc1OC. The number of anilines is 1. The number of nitrogens with zero attached hydrogens (tertiary/aromatic N) is 3. The lowest BCUT2D eigenvalue weighted by Gasteiger charge is -2.30. The predicted octanol–water partition coefficient (Wildman–Crippen LogP) is 2.27. The van der Waals surface area contributed by atoms with Gasteiger partial charge in [0.05, 0.1) is 7.11 Å². The molecular formula is C18H28N4O3. The Kier molecular flexibility index (Phi) is 6.61. The maximum atomic E-state index is 13.1. The van der Waals surface area contributed by atoms with Gasteiger partial charge in [0.1, 0.15) is 6.04 Å². The van der Waals surface area contributed by atoms with Gasteiger partial charge >= 0.3 is 6.03 Å². The Balaban J connectivity index is 2.18. The number of hydrogen-bond donors (Lipinski definition) is 1. The Hall–Kier alpha value is -2.31. The van der Waals surface area contributed by atoms with E-state index in [-0.39, 0.29) is 17.9 Å². The number of likely N-dealkylation sites (tertiary alicyclic amines) is 1. The number of urea groups is 1. The zero-order valence-corrected chi connectivity index (χ0v) is 15.5. The van der Waals surface area contributed by atoms with E-state index in [4.69, 9.17) is 4.74 Å². The number of carbonyl (C=O) groups excluding carboxylic acids is 2. The fourth-order valence-electron chi connectivity index (χ4n) is 2.93. The van der Waals surface area contributed by atoms with Crippen LogP contribution in [0.15, 0.2) is 18.3 Å². The fourth-order valence-corrected chi connectivity index (χ4v) is 2.93. The zero-order valence-electron chi connectivity index (χ0n) is 15.5. The minimum absolute atomic E-state index is 0.0104. The van der Waals surface area contributed by atoms with Crippen molar-refractivity contribution >= 4 is 17.8 Å². The zero-order chi connectivity index (χ0) is 18.4. The molecule has 1 fully saturated rings. The van der Waals surface area contributed by atoms with Crippen LogP contribution in [0.4, 0.5) is 10.6 Å². The Morgan fingerprint density at radius 2 is 2.08 bits per heavy atom. The molecule has 3 amide bonds. The molecule has 138 valence electrons. The number of rotatable bonds is 6. The molecule has 1 aliphatic heterocycles.